The topological polar surface area (TPSA) is 76.1 Å². The van der Waals surface area contributed by atoms with Crippen LogP contribution < -0.4 is 0 Å². The van der Waals surface area contributed by atoms with E-state index in [-0.39, 0.29) is 18.5 Å². The van der Waals surface area contributed by atoms with Crippen LogP contribution in [0.25, 0.3) is 0 Å². The van der Waals surface area contributed by atoms with E-state index >= 15 is 0 Å². The summed E-state index contributed by atoms with van der Waals surface area (Å²) < 4.78 is 11.4. The number of rotatable bonds is 38. The van der Waals surface area contributed by atoms with E-state index in [9.17, 15) is 14.7 Å². The molecule has 0 spiro atoms. The van der Waals surface area contributed by atoms with Crippen molar-refractivity contribution >= 4 is 11.9 Å². The van der Waals surface area contributed by atoms with E-state index in [0.29, 0.717) is 19.8 Å². The quantitative estimate of drug-likeness (QED) is 0.0505. The van der Waals surface area contributed by atoms with Crippen LogP contribution in [0.2, 0.25) is 0 Å². The Balaban J connectivity index is 4.15. The third kappa shape index (κ3) is 29.0. The van der Waals surface area contributed by atoms with E-state index in [1.807, 2.05) is 27.7 Å². The molecule has 1 N–H and O–H groups in total. The van der Waals surface area contributed by atoms with Crippen LogP contribution in [0.5, 0.6) is 0 Å². The molecule has 0 unspecified atom stereocenters. The second-order valence-electron chi connectivity index (χ2n) is 17.1. The molecule has 0 fully saturated rings. The van der Waals surface area contributed by atoms with Crippen LogP contribution in [0.1, 0.15) is 222 Å². The number of hydrogen-bond acceptors (Lipinski definition) is 6. The number of nitrogens with zero attached hydrogens (tertiary/aromatic N) is 1. The van der Waals surface area contributed by atoms with Crippen molar-refractivity contribution in [1.29, 1.82) is 0 Å². The molecule has 6 heteroatoms. The molecule has 0 aromatic rings. The molecule has 0 saturated heterocycles. The van der Waals surface area contributed by atoms with Gasteiger partial charge in [0.05, 0.1) is 30.7 Å². The normalized spacial score (nSPS) is 12.3. The highest BCUT2D eigenvalue weighted by molar-refractivity contribution is 5.76. The smallest absolute Gasteiger partial charge is 0.311 e. The Labute approximate surface area is 318 Å². The van der Waals surface area contributed by atoms with Crippen LogP contribution in [0, 0.1) is 16.7 Å². The summed E-state index contributed by atoms with van der Waals surface area (Å²) in [5.41, 5.74) is -0.885. The van der Waals surface area contributed by atoms with Crippen LogP contribution in [-0.4, -0.2) is 61.4 Å². The van der Waals surface area contributed by atoms with E-state index in [1.54, 1.807) is 0 Å². The minimum atomic E-state index is -0.452. The Morgan fingerprint density at radius 2 is 0.863 bits per heavy atom. The molecule has 0 heterocycles. The first-order chi connectivity index (χ1) is 24.5. The van der Waals surface area contributed by atoms with Gasteiger partial charge >= 0.3 is 11.9 Å². The number of carbonyl (C=O) groups excluding carboxylic acids is 2. The third-order valence-electron chi connectivity index (χ3n) is 11.0. The van der Waals surface area contributed by atoms with Crippen LogP contribution in [0.3, 0.4) is 0 Å². The van der Waals surface area contributed by atoms with Gasteiger partial charge in [-0.05, 0) is 91.6 Å². The third-order valence-corrected chi connectivity index (χ3v) is 11.0. The molecule has 51 heavy (non-hydrogen) atoms. The molecule has 0 radical (unpaired) electrons. The monoisotopic (exact) mass is 724 g/mol. The van der Waals surface area contributed by atoms with E-state index in [0.717, 1.165) is 89.6 Å². The number of ether oxygens (including phenoxy) is 2. The summed E-state index contributed by atoms with van der Waals surface area (Å²) in [7, 11) is 0. The van der Waals surface area contributed by atoms with Gasteiger partial charge in [-0.25, -0.2) is 0 Å². The summed E-state index contributed by atoms with van der Waals surface area (Å²) in [6.45, 7) is 18.8. The van der Waals surface area contributed by atoms with Crippen molar-refractivity contribution in [3.63, 3.8) is 0 Å². The molecule has 0 rings (SSSR count). The van der Waals surface area contributed by atoms with Crippen LogP contribution in [0.4, 0.5) is 0 Å². The first-order valence-corrected chi connectivity index (χ1v) is 22.2. The highest BCUT2D eigenvalue weighted by Crippen LogP contribution is 2.28. The highest BCUT2D eigenvalue weighted by atomic mass is 16.5. The molecule has 6 nitrogen and oxygen atoms in total. The number of esters is 2. The predicted octanol–water partition coefficient (Wildman–Crippen LogP) is 12.6. The van der Waals surface area contributed by atoms with Crippen molar-refractivity contribution in [3.05, 3.63) is 0 Å². The summed E-state index contributed by atoms with van der Waals surface area (Å²) in [6, 6.07) is 0. The average molecular weight is 724 g/mol. The van der Waals surface area contributed by atoms with Crippen molar-refractivity contribution in [2.45, 2.75) is 222 Å². The van der Waals surface area contributed by atoms with Crippen molar-refractivity contribution in [3.8, 4) is 0 Å². The fourth-order valence-corrected chi connectivity index (χ4v) is 7.14. The van der Waals surface area contributed by atoms with Gasteiger partial charge in [0.25, 0.3) is 0 Å². The molecule has 0 atom stereocenters. The maximum absolute atomic E-state index is 12.9. The van der Waals surface area contributed by atoms with Crippen molar-refractivity contribution in [2.75, 3.05) is 39.5 Å². The number of carbonyl (C=O) groups is 2. The molecule has 304 valence electrons. The predicted molar refractivity (Wildman–Crippen MR) is 218 cm³/mol. The van der Waals surface area contributed by atoms with Gasteiger partial charge in [0.1, 0.15) is 0 Å². The van der Waals surface area contributed by atoms with Gasteiger partial charge in [0.2, 0.25) is 0 Å². The molecule has 0 aromatic carbocycles. The summed E-state index contributed by atoms with van der Waals surface area (Å²) in [5.74, 6) is 0.676. The fraction of sp³-hybridized carbons (Fsp3) is 0.956. The van der Waals surface area contributed by atoms with Crippen molar-refractivity contribution in [1.82, 2.24) is 4.90 Å². The lowest BCUT2D eigenvalue weighted by Crippen LogP contribution is -2.30. The van der Waals surface area contributed by atoms with Gasteiger partial charge in [0, 0.05) is 6.54 Å². The van der Waals surface area contributed by atoms with Gasteiger partial charge in [-0.3, -0.25) is 9.59 Å². The molecule has 0 amide bonds. The minimum absolute atomic E-state index is 0.0413. The van der Waals surface area contributed by atoms with Crippen LogP contribution >= 0.6 is 0 Å². The SMILES string of the molecule is CCCCCCCCCCCOC(=O)C(C)(C)CCCCN(CCO)CCCCCCC(C)(C)C(=O)OCCCC(CCCCC)CCCCC. The Hall–Kier alpha value is -1.14. The maximum Gasteiger partial charge on any atom is 0.311 e. The second-order valence-corrected chi connectivity index (χ2v) is 17.1. The Bertz CT molecular complexity index is 787. The molecule has 0 aromatic heterocycles. The first-order valence-electron chi connectivity index (χ1n) is 22.2. The molecule has 0 bridgehead atoms. The lowest BCUT2D eigenvalue weighted by atomic mass is 9.87. The molecule has 0 aliphatic rings. The highest BCUT2D eigenvalue weighted by Gasteiger charge is 2.29. The second kappa shape index (κ2) is 33.4. The Kier molecular flexibility index (Phi) is 32.7. The van der Waals surface area contributed by atoms with Gasteiger partial charge < -0.3 is 19.5 Å². The summed E-state index contributed by atoms with van der Waals surface area (Å²) in [5, 5.41) is 9.62. The standard InChI is InChI=1S/C45H89NO5/c1-8-11-14-15-16-17-18-21-28-39-50-42(48)45(6,7)34-25-27-36-46(37-38-47)35-26-20-19-24-33-44(4,5)43(49)51-40-29-32-41(30-22-12-9-2)31-23-13-10-3/h41,47H,8-40H2,1-7H3. The van der Waals surface area contributed by atoms with Crippen LogP contribution in [-0.2, 0) is 19.1 Å². The maximum atomic E-state index is 12.9. The summed E-state index contributed by atoms with van der Waals surface area (Å²) in [4.78, 5) is 28.0. The lowest BCUT2D eigenvalue weighted by molar-refractivity contribution is -0.155. The zero-order valence-corrected chi connectivity index (χ0v) is 35.4. The van der Waals surface area contributed by atoms with Crippen LogP contribution in [0.15, 0.2) is 0 Å². The van der Waals surface area contributed by atoms with Gasteiger partial charge in [-0.1, -0.05) is 149 Å². The summed E-state index contributed by atoms with van der Waals surface area (Å²) in [6.07, 6.45) is 32.1. The zero-order valence-electron chi connectivity index (χ0n) is 35.4. The van der Waals surface area contributed by atoms with Crippen molar-refractivity contribution < 1.29 is 24.2 Å². The minimum Gasteiger partial charge on any atom is -0.465 e. The summed E-state index contributed by atoms with van der Waals surface area (Å²) >= 11 is 0. The Morgan fingerprint density at radius 1 is 0.490 bits per heavy atom. The van der Waals surface area contributed by atoms with Gasteiger partial charge in [-0.15, -0.1) is 0 Å². The molecular weight excluding hydrogens is 634 g/mol. The molecule has 0 aliphatic carbocycles. The van der Waals surface area contributed by atoms with Gasteiger partial charge in [0.15, 0.2) is 0 Å². The molecule has 0 aliphatic heterocycles. The number of unbranched alkanes of at least 4 members (excludes halogenated alkanes) is 16. The Morgan fingerprint density at radius 3 is 1.37 bits per heavy atom. The van der Waals surface area contributed by atoms with E-state index in [2.05, 4.69) is 25.7 Å². The largest absolute Gasteiger partial charge is 0.465 e. The van der Waals surface area contributed by atoms with Gasteiger partial charge in [-0.2, -0.15) is 0 Å². The lowest BCUT2D eigenvalue weighted by Gasteiger charge is -2.25. The zero-order chi connectivity index (χ0) is 38.1. The number of hydrogen-bond donors (Lipinski definition) is 1. The number of aliphatic hydroxyl groups excluding tert-OH is 1. The molecular formula is C45H89NO5. The average Bonchev–Trinajstić information content (AvgIpc) is 3.10. The molecule has 0 saturated carbocycles. The van der Waals surface area contributed by atoms with E-state index < -0.39 is 10.8 Å². The van der Waals surface area contributed by atoms with Crippen molar-refractivity contribution in [2.24, 2.45) is 16.7 Å². The van der Waals surface area contributed by atoms with E-state index in [4.69, 9.17) is 9.47 Å². The fourth-order valence-electron chi connectivity index (χ4n) is 7.14. The first kappa shape index (κ1) is 49.9. The van der Waals surface area contributed by atoms with E-state index in [1.165, 1.54) is 103 Å². The number of aliphatic hydroxyl groups is 1.